The van der Waals surface area contributed by atoms with Gasteiger partial charge in [-0.2, -0.15) is 8.42 Å². The molecule has 0 aromatic carbocycles. The molecule has 0 spiro atoms. The van der Waals surface area contributed by atoms with E-state index in [0.717, 1.165) is 30.5 Å². The van der Waals surface area contributed by atoms with E-state index in [0.29, 0.717) is 26.2 Å². The van der Waals surface area contributed by atoms with Crippen molar-refractivity contribution in [2.45, 2.75) is 51.9 Å². The predicted molar refractivity (Wildman–Crippen MR) is 97.9 cm³/mol. The Morgan fingerprint density at radius 1 is 0.875 bits per heavy atom. The first kappa shape index (κ1) is 23.8. The number of likely N-dealkylation sites (N-methyl/N-ethyl adjacent to an activating group) is 1. The van der Waals surface area contributed by atoms with Crippen LogP contribution in [0.1, 0.15) is 51.9 Å². The van der Waals surface area contributed by atoms with Crippen molar-refractivity contribution in [3.8, 4) is 0 Å². The van der Waals surface area contributed by atoms with Gasteiger partial charge in [0.05, 0.1) is 45.7 Å². The van der Waals surface area contributed by atoms with Crippen LogP contribution in [0.15, 0.2) is 0 Å². The summed E-state index contributed by atoms with van der Waals surface area (Å²) >= 11 is 0. The van der Waals surface area contributed by atoms with E-state index in [-0.39, 0.29) is 5.75 Å². The number of methoxy groups -OCH3 is 1. The van der Waals surface area contributed by atoms with Gasteiger partial charge < -0.3 is 14.0 Å². The zero-order chi connectivity index (χ0) is 18.3. The lowest BCUT2D eigenvalue weighted by Crippen LogP contribution is -2.48. The summed E-state index contributed by atoms with van der Waals surface area (Å²) in [6.07, 6.45) is 7.55. The van der Waals surface area contributed by atoms with Crippen LogP contribution in [-0.2, 0) is 19.6 Å². The van der Waals surface area contributed by atoms with Gasteiger partial charge in [-0.25, -0.2) is 0 Å². The average Bonchev–Trinajstić information content (AvgIpc) is 2.51. The smallest absolute Gasteiger partial charge is 0.264 e. The van der Waals surface area contributed by atoms with E-state index in [9.17, 15) is 8.42 Å². The Bertz CT molecular complexity index is 372. The van der Waals surface area contributed by atoms with Gasteiger partial charge in [-0.15, -0.1) is 0 Å². The Kier molecular flexibility index (Phi) is 13.9. The molecule has 0 aromatic heterocycles. The van der Waals surface area contributed by atoms with E-state index in [1.54, 1.807) is 7.11 Å². The molecule has 0 rings (SSSR count). The highest BCUT2D eigenvalue weighted by molar-refractivity contribution is 7.85. The largest absolute Gasteiger partial charge is 0.382 e. The molecule has 0 amide bonds. The molecule has 6 nitrogen and oxygen atoms in total. The summed E-state index contributed by atoms with van der Waals surface area (Å²) in [6.45, 7) is 7.04. The normalized spacial score (nSPS) is 14.7. The third-order valence-electron chi connectivity index (χ3n) is 4.36. The number of quaternary nitrogens is 1. The summed E-state index contributed by atoms with van der Waals surface area (Å²) < 4.78 is 41.9. The maximum atomic E-state index is 10.8. The van der Waals surface area contributed by atoms with Gasteiger partial charge in [-0.05, 0) is 25.7 Å². The van der Waals surface area contributed by atoms with E-state index in [4.69, 9.17) is 14.0 Å². The first-order valence-corrected chi connectivity index (χ1v) is 10.8. The van der Waals surface area contributed by atoms with E-state index < -0.39 is 10.1 Å². The second-order valence-electron chi connectivity index (χ2n) is 6.80. The van der Waals surface area contributed by atoms with Crippen LogP contribution >= 0.6 is 0 Å². The molecule has 1 unspecified atom stereocenters. The first-order chi connectivity index (χ1) is 11.3. The van der Waals surface area contributed by atoms with Crippen molar-refractivity contribution in [1.82, 2.24) is 0 Å². The number of hydrogen-bond acceptors (Lipinski definition) is 4. The molecule has 1 N–H and O–H groups in total. The van der Waals surface area contributed by atoms with Gasteiger partial charge in [0.1, 0.15) is 6.54 Å². The number of unbranched alkanes of at least 4 members (excludes halogenated alkanes) is 5. The number of rotatable bonds is 17. The lowest BCUT2D eigenvalue weighted by atomic mass is 10.1. The lowest BCUT2D eigenvalue weighted by molar-refractivity contribution is -0.910. The molecule has 0 aliphatic rings. The Morgan fingerprint density at radius 3 is 2.08 bits per heavy atom. The van der Waals surface area contributed by atoms with E-state index in [1.807, 2.05) is 0 Å². The van der Waals surface area contributed by atoms with Crippen molar-refractivity contribution < 1.29 is 26.9 Å². The summed E-state index contributed by atoms with van der Waals surface area (Å²) in [5.74, 6) is -0.145. The standard InChI is InChI=1S/C17H37NO5S/c1-4-5-6-7-8-11-18(2,13-14-23-16-15-22-3)12-9-10-17-24(19,20)21/h4-17H2,1-3H3/p+1. The Labute approximate surface area is 148 Å². The fourth-order valence-electron chi connectivity index (χ4n) is 2.74. The maximum Gasteiger partial charge on any atom is 0.264 e. The van der Waals surface area contributed by atoms with Gasteiger partial charge in [0.15, 0.2) is 0 Å². The molecule has 0 fully saturated rings. The molecule has 0 aromatic rings. The molecule has 0 bridgehead atoms. The zero-order valence-electron chi connectivity index (χ0n) is 15.8. The van der Waals surface area contributed by atoms with Crippen molar-refractivity contribution in [3.05, 3.63) is 0 Å². The zero-order valence-corrected chi connectivity index (χ0v) is 16.7. The van der Waals surface area contributed by atoms with Crippen molar-refractivity contribution in [1.29, 1.82) is 0 Å². The van der Waals surface area contributed by atoms with E-state index in [1.165, 1.54) is 32.1 Å². The minimum atomic E-state index is -3.84. The van der Waals surface area contributed by atoms with Crippen molar-refractivity contribution >= 4 is 10.1 Å². The van der Waals surface area contributed by atoms with Gasteiger partial charge in [0.25, 0.3) is 10.1 Å². The van der Waals surface area contributed by atoms with Gasteiger partial charge in [-0.3, -0.25) is 4.55 Å². The summed E-state index contributed by atoms with van der Waals surface area (Å²) in [7, 11) is 0.0351. The van der Waals surface area contributed by atoms with Gasteiger partial charge >= 0.3 is 0 Å². The molecule has 0 aliphatic heterocycles. The van der Waals surface area contributed by atoms with Crippen LogP contribution in [0.25, 0.3) is 0 Å². The van der Waals surface area contributed by atoms with Crippen LogP contribution in [0.2, 0.25) is 0 Å². The quantitative estimate of drug-likeness (QED) is 0.243. The van der Waals surface area contributed by atoms with Gasteiger partial charge in [-0.1, -0.05) is 26.2 Å². The van der Waals surface area contributed by atoms with Crippen LogP contribution in [0, 0.1) is 0 Å². The summed E-state index contributed by atoms with van der Waals surface area (Å²) in [5.41, 5.74) is 0. The molecule has 0 heterocycles. The highest BCUT2D eigenvalue weighted by atomic mass is 32.2. The maximum absolute atomic E-state index is 10.8. The predicted octanol–water partition coefficient (Wildman–Crippen LogP) is 2.73. The minimum Gasteiger partial charge on any atom is -0.382 e. The minimum absolute atomic E-state index is 0.145. The number of nitrogens with zero attached hydrogens (tertiary/aromatic N) is 1. The van der Waals surface area contributed by atoms with Gasteiger partial charge in [0.2, 0.25) is 0 Å². The number of hydrogen-bond donors (Lipinski definition) is 1. The molecule has 1 atom stereocenters. The number of ether oxygens (including phenoxy) is 2. The van der Waals surface area contributed by atoms with Crippen LogP contribution in [0.5, 0.6) is 0 Å². The summed E-state index contributed by atoms with van der Waals surface area (Å²) in [5, 5.41) is 0. The molecular weight excluding hydrogens is 330 g/mol. The summed E-state index contributed by atoms with van der Waals surface area (Å²) in [6, 6.07) is 0. The molecule has 0 saturated carbocycles. The second-order valence-corrected chi connectivity index (χ2v) is 8.37. The van der Waals surface area contributed by atoms with Crippen LogP contribution < -0.4 is 0 Å². The van der Waals surface area contributed by atoms with Crippen LogP contribution in [-0.4, -0.2) is 76.8 Å². The monoisotopic (exact) mass is 368 g/mol. The van der Waals surface area contributed by atoms with Crippen molar-refractivity contribution in [2.24, 2.45) is 0 Å². The van der Waals surface area contributed by atoms with E-state index >= 15 is 0 Å². The molecule has 0 saturated heterocycles. The fourth-order valence-corrected chi connectivity index (χ4v) is 3.31. The highest BCUT2D eigenvalue weighted by Crippen LogP contribution is 2.11. The molecule has 146 valence electrons. The van der Waals surface area contributed by atoms with E-state index in [2.05, 4.69) is 14.0 Å². The SMILES string of the molecule is CCCCCCC[N+](C)(CCCCS(=O)(=O)O)CCOCCOC. The van der Waals surface area contributed by atoms with Crippen molar-refractivity contribution in [3.63, 3.8) is 0 Å². The average molecular weight is 369 g/mol. The summed E-state index contributed by atoms with van der Waals surface area (Å²) in [4.78, 5) is 0. The van der Waals surface area contributed by atoms with Crippen molar-refractivity contribution in [2.75, 3.05) is 59.4 Å². The third kappa shape index (κ3) is 15.3. The second kappa shape index (κ2) is 14.0. The van der Waals surface area contributed by atoms with Gasteiger partial charge in [0, 0.05) is 7.11 Å². The van der Waals surface area contributed by atoms with Crippen LogP contribution in [0.4, 0.5) is 0 Å². The molecule has 7 heteroatoms. The highest BCUT2D eigenvalue weighted by Gasteiger charge is 2.21. The Morgan fingerprint density at radius 2 is 1.50 bits per heavy atom. The fraction of sp³-hybridized carbons (Fsp3) is 1.00. The first-order valence-electron chi connectivity index (χ1n) is 9.18. The van der Waals surface area contributed by atoms with Crippen LogP contribution in [0.3, 0.4) is 0 Å². The lowest BCUT2D eigenvalue weighted by Gasteiger charge is -2.35. The molecular formula is C17H38NO5S+. The third-order valence-corrected chi connectivity index (χ3v) is 5.16. The molecule has 24 heavy (non-hydrogen) atoms. The Hall–Kier alpha value is -0.210. The molecule has 0 radical (unpaired) electrons. The topological polar surface area (TPSA) is 72.8 Å². The molecule has 0 aliphatic carbocycles. The Balaban J connectivity index is 4.19.